The molecule has 0 spiro atoms. The molecular weight excluding hydrogens is 263 g/mol. The summed E-state index contributed by atoms with van der Waals surface area (Å²) in [5.41, 5.74) is 0. The molecule has 1 N–H and O–H groups in total. The minimum Gasteiger partial charge on any atom is -0.469 e. The Morgan fingerprint density at radius 1 is 1.35 bits per heavy atom. The van der Waals surface area contributed by atoms with Gasteiger partial charge in [0.1, 0.15) is 0 Å². The average Bonchev–Trinajstić information content (AvgIpc) is 2.14. The quantitative estimate of drug-likeness (QED) is 0.699. The zero-order valence-corrected chi connectivity index (χ0v) is 10.0. The molecule has 0 unspecified atom stereocenters. The molecule has 0 saturated heterocycles. The minimum atomic E-state index is -4.39. The van der Waals surface area contributed by atoms with Crippen LogP contribution in [0.2, 0.25) is 0 Å². The van der Waals surface area contributed by atoms with E-state index in [2.05, 4.69) is 4.74 Å². The van der Waals surface area contributed by atoms with Crippen LogP contribution in [0.3, 0.4) is 0 Å². The standard InChI is InChI=1S/C8H14F3NO4S/c1-16-7(13)3-2-6-17(14,15)12-5-4-8(9,10)11/h12H,2-6H2,1H3. The van der Waals surface area contributed by atoms with Gasteiger partial charge < -0.3 is 4.74 Å². The second-order valence-electron chi connectivity index (χ2n) is 3.26. The van der Waals surface area contributed by atoms with Gasteiger partial charge in [-0.25, -0.2) is 13.1 Å². The predicted octanol–water partition coefficient (Wildman–Crippen LogP) is 0.811. The number of rotatable bonds is 7. The summed E-state index contributed by atoms with van der Waals surface area (Å²) in [6.45, 7) is -0.690. The first kappa shape index (κ1) is 16.2. The molecule has 0 aliphatic heterocycles. The molecule has 5 nitrogen and oxygen atoms in total. The van der Waals surface area contributed by atoms with Crippen LogP contribution in [0.25, 0.3) is 0 Å². The Labute approximate surface area is 97.4 Å². The summed E-state index contributed by atoms with van der Waals surface area (Å²) in [6, 6.07) is 0. The van der Waals surface area contributed by atoms with Crippen molar-refractivity contribution in [2.75, 3.05) is 19.4 Å². The van der Waals surface area contributed by atoms with Crippen LogP contribution in [0, 0.1) is 0 Å². The van der Waals surface area contributed by atoms with Crippen LogP contribution in [0.15, 0.2) is 0 Å². The monoisotopic (exact) mass is 277 g/mol. The van der Waals surface area contributed by atoms with Gasteiger partial charge in [0.05, 0.1) is 19.3 Å². The Morgan fingerprint density at radius 3 is 2.41 bits per heavy atom. The van der Waals surface area contributed by atoms with Crippen LogP contribution < -0.4 is 4.72 Å². The Bertz CT molecular complexity index is 339. The minimum absolute atomic E-state index is 0.00796. The first-order chi connectivity index (χ1) is 7.66. The number of hydrogen-bond donors (Lipinski definition) is 1. The molecule has 0 aromatic rings. The van der Waals surface area contributed by atoms with Gasteiger partial charge in [-0.2, -0.15) is 13.2 Å². The third-order valence-corrected chi connectivity index (χ3v) is 3.22. The lowest BCUT2D eigenvalue weighted by Crippen LogP contribution is -2.30. The van der Waals surface area contributed by atoms with Crippen molar-refractivity contribution in [2.24, 2.45) is 0 Å². The van der Waals surface area contributed by atoms with Crippen molar-refractivity contribution in [3.8, 4) is 0 Å². The maximum Gasteiger partial charge on any atom is 0.390 e. The first-order valence-electron chi connectivity index (χ1n) is 4.77. The van der Waals surface area contributed by atoms with E-state index >= 15 is 0 Å². The molecule has 0 rings (SSSR count). The van der Waals surface area contributed by atoms with Crippen LogP contribution in [0.5, 0.6) is 0 Å². The molecule has 9 heteroatoms. The summed E-state index contributed by atoms with van der Waals surface area (Å²) in [7, 11) is -2.60. The highest BCUT2D eigenvalue weighted by Crippen LogP contribution is 2.18. The Hall–Kier alpha value is -0.830. The van der Waals surface area contributed by atoms with Crippen LogP contribution in [0.1, 0.15) is 19.3 Å². The van der Waals surface area contributed by atoms with Gasteiger partial charge in [0, 0.05) is 13.0 Å². The summed E-state index contributed by atoms with van der Waals surface area (Å²) in [4.78, 5) is 10.7. The molecule has 102 valence electrons. The van der Waals surface area contributed by atoms with E-state index in [4.69, 9.17) is 0 Å². The molecule has 0 aromatic heterocycles. The zero-order chi connectivity index (χ0) is 13.5. The topological polar surface area (TPSA) is 72.5 Å². The van der Waals surface area contributed by atoms with E-state index < -0.39 is 40.9 Å². The predicted molar refractivity (Wildman–Crippen MR) is 53.7 cm³/mol. The third-order valence-electron chi connectivity index (χ3n) is 1.75. The fourth-order valence-corrected chi connectivity index (χ4v) is 2.01. The highest BCUT2D eigenvalue weighted by atomic mass is 32.2. The van der Waals surface area contributed by atoms with Crippen molar-refractivity contribution in [2.45, 2.75) is 25.4 Å². The lowest BCUT2D eigenvalue weighted by Gasteiger charge is -2.08. The number of hydrogen-bond acceptors (Lipinski definition) is 4. The number of nitrogens with one attached hydrogen (secondary N) is 1. The fraction of sp³-hybridized carbons (Fsp3) is 0.875. The average molecular weight is 277 g/mol. The number of halogens is 3. The van der Waals surface area contributed by atoms with Gasteiger partial charge in [0.2, 0.25) is 10.0 Å². The second kappa shape index (κ2) is 6.80. The van der Waals surface area contributed by atoms with Crippen molar-refractivity contribution >= 4 is 16.0 Å². The van der Waals surface area contributed by atoms with E-state index in [9.17, 15) is 26.4 Å². The van der Waals surface area contributed by atoms with E-state index in [0.717, 1.165) is 0 Å². The number of sulfonamides is 1. The first-order valence-corrected chi connectivity index (χ1v) is 6.42. The molecule has 0 fully saturated rings. The number of esters is 1. The van der Waals surface area contributed by atoms with Crippen molar-refractivity contribution < 1.29 is 31.1 Å². The van der Waals surface area contributed by atoms with Gasteiger partial charge in [0.15, 0.2) is 0 Å². The fourth-order valence-electron chi connectivity index (χ4n) is 0.929. The van der Waals surface area contributed by atoms with Crippen LogP contribution in [-0.2, 0) is 19.6 Å². The second-order valence-corrected chi connectivity index (χ2v) is 5.18. The molecule has 0 saturated carbocycles. The van der Waals surface area contributed by atoms with E-state index in [1.807, 2.05) is 4.72 Å². The van der Waals surface area contributed by atoms with Gasteiger partial charge in [-0.05, 0) is 6.42 Å². The van der Waals surface area contributed by atoms with Crippen molar-refractivity contribution in [1.82, 2.24) is 4.72 Å². The summed E-state index contributed by atoms with van der Waals surface area (Å²) in [6.07, 6.45) is -5.69. The summed E-state index contributed by atoms with van der Waals surface area (Å²) in [5.74, 6) is -0.963. The van der Waals surface area contributed by atoms with Crippen LogP contribution in [0.4, 0.5) is 13.2 Å². The number of ether oxygens (including phenoxy) is 1. The third kappa shape index (κ3) is 10.1. The molecule has 17 heavy (non-hydrogen) atoms. The molecule has 0 aromatic carbocycles. The molecule has 0 aliphatic carbocycles. The highest BCUT2D eigenvalue weighted by Gasteiger charge is 2.27. The van der Waals surface area contributed by atoms with Gasteiger partial charge in [-0.3, -0.25) is 4.79 Å². The summed E-state index contributed by atoms with van der Waals surface area (Å²) in [5, 5.41) is 0. The van der Waals surface area contributed by atoms with E-state index in [0.29, 0.717) is 0 Å². The van der Waals surface area contributed by atoms with E-state index in [-0.39, 0.29) is 12.8 Å². The van der Waals surface area contributed by atoms with Gasteiger partial charge in [-0.15, -0.1) is 0 Å². The number of methoxy groups -OCH3 is 1. The van der Waals surface area contributed by atoms with Crippen molar-refractivity contribution in [3.63, 3.8) is 0 Å². The Morgan fingerprint density at radius 2 is 1.94 bits per heavy atom. The van der Waals surface area contributed by atoms with Gasteiger partial charge >= 0.3 is 12.1 Å². The Kier molecular flexibility index (Phi) is 6.46. The number of alkyl halides is 3. The largest absolute Gasteiger partial charge is 0.469 e. The number of carbonyl (C=O) groups is 1. The molecule has 0 amide bonds. The molecule has 0 aliphatic rings. The van der Waals surface area contributed by atoms with Crippen molar-refractivity contribution in [1.29, 1.82) is 0 Å². The Balaban J connectivity index is 3.85. The molecule has 0 radical (unpaired) electrons. The van der Waals surface area contributed by atoms with Crippen LogP contribution >= 0.6 is 0 Å². The van der Waals surface area contributed by atoms with Gasteiger partial charge in [0.25, 0.3) is 0 Å². The molecule has 0 atom stereocenters. The maximum atomic E-state index is 11.7. The SMILES string of the molecule is COC(=O)CCCS(=O)(=O)NCCC(F)(F)F. The number of carbonyl (C=O) groups excluding carboxylic acids is 1. The molecule has 0 bridgehead atoms. The maximum absolute atomic E-state index is 11.7. The van der Waals surface area contributed by atoms with Crippen LogP contribution in [-0.4, -0.2) is 40.0 Å². The van der Waals surface area contributed by atoms with Gasteiger partial charge in [-0.1, -0.05) is 0 Å². The molecule has 0 heterocycles. The smallest absolute Gasteiger partial charge is 0.390 e. The van der Waals surface area contributed by atoms with E-state index in [1.165, 1.54) is 7.11 Å². The normalized spacial score (nSPS) is 12.5. The summed E-state index contributed by atoms with van der Waals surface area (Å²) < 4.78 is 63.6. The lowest BCUT2D eigenvalue weighted by molar-refractivity contribution is -0.140. The molecular formula is C8H14F3NO4S. The van der Waals surface area contributed by atoms with Crippen molar-refractivity contribution in [3.05, 3.63) is 0 Å². The van der Waals surface area contributed by atoms with E-state index in [1.54, 1.807) is 0 Å². The highest BCUT2D eigenvalue weighted by molar-refractivity contribution is 7.89. The zero-order valence-electron chi connectivity index (χ0n) is 9.21. The lowest BCUT2D eigenvalue weighted by atomic mass is 10.3. The summed E-state index contributed by atoms with van der Waals surface area (Å²) >= 11 is 0.